The highest BCUT2D eigenvalue weighted by molar-refractivity contribution is 7.15. The van der Waals surface area contributed by atoms with Gasteiger partial charge in [0.25, 0.3) is 0 Å². The SMILES string of the molecule is COc1ccc(-c2cc(=Nc3nc(C(C)=O)c(C)s3)c3cc(C)ccc3o2)cc1OC. The summed E-state index contributed by atoms with van der Waals surface area (Å²) < 4.78 is 17.0. The van der Waals surface area contributed by atoms with Gasteiger partial charge in [0.2, 0.25) is 5.13 Å². The lowest BCUT2D eigenvalue weighted by Crippen LogP contribution is -2.04. The van der Waals surface area contributed by atoms with Crippen molar-refractivity contribution in [2.45, 2.75) is 20.8 Å². The number of benzene rings is 2. The number of hydrogen-bond acceptors (Lipinski definition) is 7. The van der Waals surface area contributed by atoms with Crippen molar-refractivity contribution in [2.75, 3.05) is 14.2 Å². The molecule has 31 heavy (non-hydrogen) atoms. The quantitative estimate of drug-likeness (QED) is 0.381. The molecule has 0 atom stereocenters. The number of carbonyl (C=O) groups is 1. The first-order valence-corrected chi connectivity index (χ1v) is 10.5. The van der Waals surface area contributed by atoms with Crippen molar-refractivity contribution in [1.29, 1.82) is 0 Å². The summed E-state index contributed by atoms with van der Waals surface area (Å²) >= 11 is 1.40. The second kappa shape index (κ2) is 8.35. The van der Waals surface area contributed by atoms with E-state index in [4.69, 9.17) is 18.9 Å². The first-order chi connectivity index (χ1) is 14.9. The van der Waals surface area contributed by atoms with E-state index in [1.807, 2.05) is 56.3 Å². The summed E-state index contributed by atoms with van der Waals surface area (Å²) in [5.74, 6) is 1.82. The van der Waals surface area contributed by atoms with Crippen LogP contribution in [0.5, 0.6) is 11.5 Å². The van der Waals surface area contributed by atoms with Gasteiger partial charge in [0.15, 0.2) is 17.3 Å². The number of ketones is 1. The van der Waals surface area contributed by atoms with Crippen LogP contribution in [0.3, 0.4) is 0 Å². The topological polar surface area (TPSA) is 73.9 Å². The van der Waals surface area contributed by atoms with E-state index >= 15 is 0 Å². The molecule has 0 bridgehead atoms. The zero-order valence-electron chi connectivity index (χ0n) is 18.0. The van der Waals surface area contributed by atoms with Gasteiger partial charge in [-0.3, -0.25) is 4.79 Å². The van der Waals surface area contributed by atoms with E-state index in [0.717, 1.165) is 26.7 Å². The van der Waals surface area contributed by atoms with Crippen molar-refractivity contribution in [3.8, 4) is 22.8 Å². The Morgan fingerprint density at radius 1 is 1.03 bits per heavy atom. The normalized spacial score (nSPS) is 11.7. The van der Waals surface area contributed by atoms with E-state index in [9.17, 15) is 4.79 Å². The molecule has 4 rings (SSSR count). The maximum Gasteiger partial charge on any atom is 0.210 e. The number of rotatable bonds is 5. The summed E-state index contributed by atoms with van der Waals surface area (Å²) in [7, 11) is 3.20. The van der Waals surface area contributed by atoms with Gasteiger partial charge in [-0.25, -0.2) is 9.98 Å². The predicted octanol–water partition coefficient (Wildman–Crippen LogP) is 5.63. The molecular formula is C24H22N2O4S. The summed E-state index contributed by atoms with van der Waals surface area (Å²) in [5.41, 5.74) is 3.09. The Labute approximate surface area is 183 Å². The van der Waals surface area contributed by atoms with Gasteiger partial charge in [0.1, 0.15) is 17.0 Å². The number of methoxy groups -OCH3 is 2. The molecule has 2 heterocycles. The standard InChI is InChI=1S/C24H22N2O4S/c1-13-6-8-19-17(10-13)18(25-24-26-23(14(2)27)15(3)31-24)12-21(30-19)16-7-9-20(28-4)22(11-16)29-5/h6-12H,1-5H3. The number of Topliss-reactive ketones (excluding diaryl/α,β-unsaturated/α-hetero) is 1. The fraction of sp³-hybridized carbons (Fsp3) is 0.208. The van der Waals surface area contributed by atoms with Crippen molar-refractivity contribution in [3.63, 3.8) is 0 Å². The molecule has 0 aliphatic carbocycles. The Morgan fingerprint density at radius 2 is 1.81 bits per heavy atom. The summed E-state index contributed by atoms with van der Waals surface area (Å²) in [6.45, 7) is 5.42. The van der Waals surface area contributed by atoms with E-state index < -0.39 is 0 Å². The molecule has 0 spiro atoms. The number of aromatic nitrogens is 1. The van der Waals surface area contributed by atoms with Crippen LogP contribution < -0.4 is 14.8 Å². The monoisotopic (exact) mass is 434 g/mol. The minimum atomic E-state index is -0.0648. The fourth-order valence-electron chi connectivity index (χ4n) is 3.37. The number of aryl methyl sites for hydroxylation is 2. The molecule has 7 heteroatoms. The van der Waals surface area contributed by atoms with Crippen molar-refractivity contribution >= 4 is 33.2 Å². The van der Waals surface area contributed by atoms with E-state index in [1.54, 1.807) is 14.2 Å². The van der Waals surface area contributed by atoms with Gasteiger partial charge >= 0.3 is 0 Å². The van der Waals surface area contributed by atoms with Crippen LogP contribution in [0.2, 0.25) is 0 Å². The van der Waals surface area contributed by atoms with Crippen molar-refractivity contribution in [3.05, 3.63) is 64.0 Å². The van der Waals surface area contributed by atoms with Gasteiger partial charge in [0, 0.05) is 28.8 Å². The van der Waals surface area contributed by atoms with E-state index in [2.05, 4.69) is 4.98 Å². The van der Waals surface area contributed by atoms with Crippen LogP contribution in [0, 0.1) is 13.8 Å². The van der Waals surface area contributed by atoms with Gasteiger partial charge in [-0.05, 0) is 44.2 Å². The summed E-state index contributed by atoms with van der Waals surface area (Å²) in [6.07, 6.45) is 0. The van der Waals surface area contributed by atoms with E-state index in [1.165, 1.54) is 18.3 Å². The second-order valence-electron chi connectivity index (χ2n) is 7.13. The highest BCUT2D eigenvalue weighted by Crippen LogP contribution is 2.33. The summed E-state index contributed by atoms with van der Waals surface area (Å²) in [4.78, 5) is 21.9. The Kier molecular flexibility index (Phi) is 5.61. The Morgan fingerprint density at radius 3 is 2.48 bits per heavy atom. The molecule has 0 fully saturated rings. The molecule has 0 saturated heterocycles. The molecule has 0 aliphatic rings. The molecular weight excluding hydrogens is 412 g/mol. The molecule has 0 aliphatic heterocycles. The summed E-state index contributed by atoms with van der Waals surface area (Å²) in [6, 6.07) is 13.4. The minimum absolute atomic E-state index is 0.0648. The number of thiazole rings is 1. The first kappa shape index (κ1) is 20.8. The van der Waals surface area contributed by atoms with Gasteiger partial charge in [-0.15, -0.1) is 0 Å². The number of nitrogens with zero attached hydrogens (tertiary/aromatic N) is 2. The Balaban J connectivity index is 1.95. The molecule has 2 aromatic heterocycles. The Bertz CT molecular complexity index is 1370. The molecule has 2 aromatic carbocycles. The maximum absolute atomic E-state index is 11.8. The van der Waals surface area contributed by atoms with E-state index in [-0.39, 0.29) is 5.78 Å². The smallest absolute Gasteiger partial charge is 0.210 e. The molecule has 0 unspecified atom stereocenters. The van der Waals surface area contributed by atoms with Gasteiger partial charge in [-0.1, -0.05) is 23.0 Å². The molecule has 158 valence electrons. The fourth-order valence-corrected chi connectivity index (χ4v) is 4.21. The maximum atomic E-state index is 11.8. The third-order valence-electron chi connectivity index (χ3n) is 4.90. The first-order valence-electron chi connectivity index (χ1n) is 9.69. The van der Waals surface area contributed by atoms with Gasteiger partial charge < -0.3 is 13.9 Å². The second-order valence-corrected chi connectivity index (χ2v) is 8.32. The minimum Gasteiger partial charge on any atom is -0.493 e. The number of hydrogen-bond donors (Lipinski definition) is 0. The molecule has 4 aromatic rings. The lowest BCUT2D eigenvalue weighted by Gasteiger charge is -2.10. The van der Waals surface area contributed by atoms with E-state index in [0.29, 0.717) is 33.7 Å². The lowest BCUT2D eigenvalue weighted by molar-refractivity contribution is 0.101. The Hall–Kier alpha value is -3.45. The van der Waals surface area contributed by atoms with Gasteiger partial charge in [-0.2, -0.15) is 0 Å². The van der Waals surface area contributed by atoms with Crippen molar-refractivity contribution in [1.82, 2.24) is 4.98 Å². The lowest BCUT2D eigenvalue weighted by atomic mass is 10.1. The van der Waals surface area contributed by atoms with Crippen LogP contribution in [0.4, 0.5) is 5.13 Å². The predicted molar refractivity (Wildman–Crippen MR) is 122 cm³/mol. The van der Waals surface area contributed by atoms with Crippen LogP contribution in [0.1, 0.15) is 27.9 Å². The highest BCUT2D eigenvalue weighted by atomic mass is 32.1. The van der Waals surface area contributed by atoms with Crippen molar-refractivity contribution < 1.29 is 18.7 Å². The average molecular weight is 435 g/mol. The molecule has 0 amide bonds. The molecule has 0 saturated carbocycles. The zero-order valence-corrected chi connectivity index (χ0v) is 18.8. The third-order valence-corrected chi connectivity index (χ3v) is 5.77. The third kappa shape index (κ3) is 4.09. The summed E-state index contributed by atoms with van der Waals surface area (Å²) in [5, 5.41) is 2.13. The highest BCUT2D eigenvalue weighted by Gasteiger charge is 2.13. The van der Waals surface area contributed by atoms with Crippen LogP contribution in [0.25, 0.3) is 22.3 Å². The number of ether oxygens (including phenoxy) is 2. The van der Waals surface area contributed by atoms with Crippen molar-refractivity contribution in [2.24, 2.45) is 4.99 Å². The zero-order chi connectivity index (χ0) is 22.1. The molecule has 6 nitrogen and oxygen atoms in total. The molecule has 0 radical (unpaired) electrons. The number of fused-ring (bicyclic) bond motifs is 1. The molecule has 0 N–H and O–H groups in total. The van der Waals surface area contributed by atoms with Crippen LogP contribution in [-0.4, -0.2) is 25.0 Å². The van der Waals surface area contributed by atoms with Crippen LogP contribution >= 0.6 is 11.3 Å². The number of carbonyl (C=O) groups excluding carboxylic acids is 1. The van der Waals surface area contributed by atoms with Crippen LogP contribution in [0.15, 0.2) is 51.9 Å². The average Bonchev–Trinajstić information content (AvgIpc) is 3.13. The largest absolute Gasteiger partial charge is 0.493 e. The van der Waals surface area contributed by atoms with Gasteiger partial charge in [0.05, 0.1) is 19.6 Å². The van der Waals surface area contributed by atoms with Crippen LogP contribution in [-0.2, 0) is 0 Å².